The maximum Gasteiger partial charge on any atom is 0.259 e. The first-order chi connectivity index (χ1) is 14.9. The summed E-state index contributed by atoms with van der Waals surface area (Å²) in [7, 11) is 0. The van der Waals surface area contributed by atoms with Gasteiger partial charge in [0, 0.05) is 26.1 Å². The molecule has 0 saturated heterocycles. The molecule has 2 aliphatic rings. The molecule has 0 fully saturated rings. The topological polar surface area (TPSA) is 102 Å². The number of pyridine rings is 1. The third-order valence-electron chi connectivity index (χ3n) is 5.28. The number of carbonyl (C=O) groups is 2. The quantitative estimate of drug-likeness (QED) is 0.676. The lowest BCUT2D eigenvalue weighted by Crippen LogP contribution is -2.45. The predicted octanol–water partition coefficient (Wildman–Crippen LogP) is 2.13. The second-order valence-electron chi connectivity index (χ2n) is 7.61. The average Bonchev–Trinajstić information content (AvgIpc) is 3.24. The second kappa shape index (κ2) is 8.31. The number of aromatic nitrogens is 1. The molecule has 2 amide bonds. The number of hydrogen-bond acceptors (Lipinski definition) is 7. The van der Waals surface area contributed by atoms with Crippen LogP contribution in [0.25, 0.3) is 0 Å². The predicted molar refractivity (Wildman–Crippen MR) is 116 cm³/mol. The molecule has 31 heavy (non-hydrogen) atoms. The van der Waals surface area contributed by atoms with Gasteiger partial charge in [0.05, 0.1) is 5.56 Å². The highest BCUT2D eigenvalue weighted by Crippen LogP contribution is 2.23. The molecular weight excluding hydrogens is 401 g/mol. The first-order valence-electron chi connectivity index (χ1n) is 10.2. The smallest absolute Gasteiger partial charge is 0.259 e. The van der Waals surface area contributed by atoms with Crippen molar-refractivity contribution in [1.29, 1.82) is 0 Å². The summed E-state index contributed by atoms with van der Waals surface area (Å²) in [5.74, 6) is -0.705. The molecule has 4 rings (SSSR count). The molecule has 2 aromatic rings. The number of fused-ring (bicyclic) bond motifs is 1. The monoisotopic (exact) mass is 427 g/mol. The van der Waals surface area contributed by atoms with E-state index in [2.05, 4.69) is 26.5 Å². The number of rotatable bonds is 5. The standard InChI is InChI=1S/C21H24FN7O2.H2/c1-4-28-9-8-13-10-16(22)15(11-14(13)21(28)31)20(30)24-18-7-5-6-17(23-18)19-25-26-27-29(19)12(2)3;/h5-7,10-12,26-27H,4,8-9H2,1-3H3,(H,23,24,30);1H. The first kappa shape index (κ1) is 20.7. The van der Waals surface area contributed by atoms with Crippen LogP contribution < -0.4 is 16.4 Å². The highest BCUT2D eigenvalue weighted by atomic mass is 19.1. The van der Waals surface area contributed by atoms with Crippen LogP contribution in [0.2, 0.25) is 0 Å². The van der Waals surface area contributed by atoms with E-state index in [9.17, 15) is 14.0 Å². The Morgan fingerprint density at radius 2 is 2.16 bits per heavy atom. The van der Waals surface area contributed by atoms with Crippen LogP contribution in [0.5, 0.6) is 0 Å². The summed E-state index contributed by atoms with van der Waals surface area (Å²) in [4.78, 5) is 31.5. The zero-order chi connectivity index (χ0) is 22.1. The van der Waals surface area contributed by atoms with E-state index in [0.717, 1.165) is 0 Å². The van der Waals surface area contributed by atoms with Gasteiger partial charge in [-0.25, -0.2) is 14.9 Å². The van der Waals surface area contributed by atoms with Gasteiger partial charge < -0.3 is 10.2 Å². The van der Waals surface area contributed by atoms with Crippen LogP contribution in [0.15, 0.2) is 35.4 Å². The van der Waals surface area contributed by atoms with E-state index in [1.54, 1.807) is 28.1 Å². The molecular formula is C21H26FN7O2. The molecule has 3 N–H and O–H groups in total. The van der Waals surface area contributed by atoms with Crippen molar-refractivity contribution in [1.82, 2.24) is 26.0 Å². The molecule has 3 heterocycles. The number of hydrazine groups is 2. The third kappa shape index (κ3) is 3.93. The minimum absolute atomic E-state index is 0. The highest BCUT2D eigenvalue weighted by molar-refractivity contribution is 6.07. The van der Waals surface area contributed by atoms with E-state index >= 15 is 0 Å². The Morgan fingerprint density at radius 1 is 1.35 bits per heavy atom. The summed E-state index contributed by atoms with van der Waals surface area (Å²) in [5.41, 5.74) is 6.92. The molecule has 0 bridgehead atoms. The van der Waals surface area contributed by atoms with Crippen molar-refractivity contribution in [3.63, 3.8) is 0 Å². The lowest BCUT2D eigenvalue weighted by molar-refractivity contribution is 0.0749. The molecule has 164 valence electrons. The van der Waals surface area contributed by atoms with Crippen molar-refractivity contribution in [2.75, 3.05) is 18.4 Å². The lowest BCUT2D eigenvalue weighted by atomic mass is 9.96. The second-order valence-corrected chi connectivity index (χ2v) is 7.61. The molecule has 0 atom stereocenters. The largest absolute Gasteiger partial charge is 0.339 e. The molecule has 0 aliphatic carbocycles. The van der Waals surface area contributed by atoms with Crippen molar-refractivity contribution >= 4 is 23.5 Å². The summed E-state index contributed by atoms with van der Waals surface area (Å²) in [6.45, 7) is 6.97. The number of nitrogens with zero attached hydrogens (tertiary/aromatic N) is 4. The van der Waals surface area contributed by atoms with E-state index in [0.29, 0.717) is 42.2 Å². The van der Waals surface area contributed by atoms with Crippen molar-refractivity contribution in [2.24, 2.45) is 5.10 Å². The van der Waals surface area contributed by atoms with Crippen LogP contribution >= 0.6 is 0 Å². The van der Waals surface area contributed by atoms with Gasteiger partial charge in [-0.05, 0) is 57.0 Å². The van der Waals surface area contributed by atoms with Crippen molar-refractivity contribution in [3.8, 4) is 0 Å². The fourth-order valence-electron chi connectivity index (χ4n) is 3.63. The minimum atomic E-state index is -0.670. The van der Waals surface area contributed by atoms with E-state index in [-0.39, 0.29) is 24.8 Å². The van der Waals surface area contributed by atoms with Gasteiger partial charge in [0.15, 0.2) is 5.84 Å². The number of halogens is 1. The Kier molecular flexibility index (Phi) is 5.55. The van der Waals surface area contributed by atoms with Crippen LogP contribution in [0.3, 0.4) is 0 Å². The molecule has 0 saturated carbocycles. The van der Waals surface area contributed by atoms with Gasteiger partial charge in [-0.1, -0.05) is 6.07 Å². The van der Waals surface area contributed by atoms with Crippen LogP contribution in [0.4, 0.5) is 10.2 Å². The number of carbonyl (C=O) groups excluding carboxylic acids is 2. The fraction of sp³-hybridized carbons (Fsp3) is 0.333. The molecule has 0 radical (unpaired) electrons. The Bertz CT molecular complexity index is 1080. The van der Waals surface area contributed by atoms with Gasteiger partial charge in [-0.3, -0.25) is 14.6 Å². The van der Waals surface area contributed by atoms with Gasteiger partial charge in [0.25, 0.3) is 11.8 Å². The Balaban J connectivity index is 0.00000289. The van der Waals surface area contributed by atoms with Gasteiger partial charge in [0.2, 0.25) is 0 Å². The number of amides is 2. The highest BCUT2D eigenvalue weighted by Gasteiger charge is 2.27. The average molecular weight is 427 g/mol. The number of likely N-dealkylation sites (N-methyl/N-ethyl adjacent to an activating group) is 1. The Labute approximate surface area is 180 Å². The van der Waals surface area contributed by atoms with E-state index in [1.807, 2.05) is 20.8 Å². The zero-order valence-corrected chi connectivity index (χ0v) is 17.6. The number of nitrogens with one attached hydrogen (secondary N) is 3. The summed E-state index contributed by atoms with van der Waals surface area (Å²) in [6, 6.07) is 7.82. The molecule has 10 heteroatoms. The summed E-state index contributed by atoms with van der Waals surface area (Å²) < 4.78 is 14.7. The Morgan fingerprint density at radius 3 is 2.90 bits per heavy atom. The summed E-state index contributed by atoms with van der Waals surface area (Å²) in [6.07, 6.45) is 0.563. The normalized spacial score (nSPS) is 15.6. The van der Waals surface area contributed by atoms with Crippen LogP contribution in [-0.4, -0.2) is 51.7 Å². The molecule has 9 nitrogen and oxygen atoms in total. The summed E-state index contributed by atoms with van der Waals surface area (Å²) in [5, 5.41) is 8.60. The Hall–Kier alpha value is -3.53. The number of amidine groups is 1. The number of hydrazone groups is 1. The first-order valence-corrected chi connectivity index (χ1v) is 10.2. The minimum Gasteiger partial charge on any atom is -0.339 e. The van der Waals surface area contributed by atoms with Crippen molar-refractivity contribution < 1.29 is 15.4 Å². The molecule has 1 aromatic heterocycles. The number of anilines is 1. The number of benzene rings is 1. The van der Waals surface area contributed by atoms with Gasteiger partial charge >= 0.3 is 0 Å². The van der Waals surface area contributed by atoms with Gasteiger partial charge in [-0.2, -0.15) is 0 Å². The van der Waals surface area contributed by atoms with Gasteiger partial charge in [-0.15, -0.1) is 10.6 Å². The van der Waals surface area contributed by atoms with E-state index < -0.39 is 11.7 Å². The SMILES string of the molecule is CCN1CCc2cc(F)c(C(=O)Nc3cccc(C4=NNNN4C(C)C)n3)cc2C1=O.[HH]. The molecule has 1 aromatic carbocycles. The van der Waals surface area contributed by atoms with Crippen LogP contribution in [-0.2, 0) is 6.42 Å². The fourth-order valence-corrected chi connectivity index (χ4v) is 3.63. The molecule has 0 unspecified atom stereocenters. The van der Waals surface area contributed by atoms with Crippen molar-refractivity contribution in [3.05, 3.63) is 58.5 Å². The van der Waals surface area contributed by atoms with Gasteiger partial charge in [0.1, 0.15) is 17.3 Å². The molecule has 0 spiro atoms. The third-order valence-corrected chi connectivity index (χ3v) is 5.28. The maximum atomic E-state index is 14.7. The van der Waals surface area contributed by atoms with Crippen molar-refractivity contribution in [2.45, 2.75) is 33.2 Å². The zero-order valence-electron chi connectivity index (χ0n) is 17.6. The number of hydrogen-bond donors (Lipinski definition) is 3. The van der Waals surface area contributed by atoms with E-state index in [1.165, 1.54) is 12.1 Å². The summed E-state index contributed by atoms with van der Waals surface area (Å²) >= 11 is 0. The van der Waals surface area contributed by atoms with Crippen LogP contribution in [0, 0.1) is 5.82 Å². The lowest BCUT2D eigenvalue weighted by Gasteiger charge is -2.27. The van der Waals surface area contributed by atoms with E-state index in [4.69, 9.17) is 0 Å². The maximum absolute atomic E-state index is 14.7. The molecule has 2 aliphatic heterocycles. The van der Waals surface area contributed by atoms with Crippen LogP contribution in [0.1, 0.15) is 54.2 Å².